The van der Waals surface area contributed by atoms with Crippen molar-refractivity contribution in [3.63, 3.8) is 0 Å². The van der Waals surface area contributed by atoms with Crippen molar-refractivity contribution in [3.8, 4) is 11.4 Å². The molecule has 25 heavy (non-hydrogen) atoms. The van der Waals surface area contributed by atoms with Crippen LogP contribution in [0.1, 0.15) is 30.7 Å². The lowest BCUT2D eigenvalue weighted by molar-refractivity contribution is -0.159. The van der Waals surface area contributed by atoms with Crippen LogP contribution in [-0.4, -0.2) is 15.9 Å². The van der Waals surface area contributed by atoms with Gasteiger partial charge >= 0.3 is 12.1 Å². The first-order valence-corrected chi connectivity index (χ1v) is 7.29. The first kappa shape index (κ1) is 18.8. The average molecular weight is 360 g/mol. The Hall–Kier alpha value is -2.58. The Labute approximate surface area is 139 Å². The standard InChI is InChI=1S/C16H13F5N2O2/c17-13(18)4-2-1-3-12(24)9-10-5-7-11(8-6-10)14-22-15(25-23-14)16(19,20)21/h4-8H,1-3,9H2. The number of allylic oxidation sites excluding steroid dienone is 1. The summed E-state index contributed by atoms with van der Waals surface area (Å²) in [5.74, 6) is -1.75. The van der Waals surface area contributed by atoms with E-state index in [0.29, 0.717) is 17.5 Å². The molecule has 0 aliphatic carbocycles. The molecule has 9 heteroatoms. The number of rotatable bonds is 7. The van der Waals surface area contributed by atoms with Crippen LogP contribution in [0.5, 0.6) is 0 Å². The van der Waals surface area contributed by atoms with Gasteiger partial charge < -0.3 is 4.52 Å². The van der Waals surface area contributed by atoms with Gasteiger partial charge in [-0.05, 0) is 24.5 Å². The van der Waals surface area contributed by atoms with Crippen LogP contribution in [0.25, 0.3) is 11.4 Å². The number of halogens is 5. The Kier molecular flexibility index (Phi) is 6.00. The minimum atomic E-state index is -4.71. The van der Waals surface area contributed by atoms with Crippen LogP contribution in [0.2, 0.25) is 0 Å². The summed E-state index contributed by atoms with van der Waals surface area (Å²) in [5.41, 5.74) is 0.972. The van der Waals surface area contributed by atoms with Crippen molar-refractivity contribution in [2.24, 2.45) is 0 Å². The monoisotopic (exact) mass is 360 g/mol. The maximum atomic E-state index is 12.4. The number of nitrogens with zero attached hydrogens (tertiary/aromatic N) is 2. The maximum absolute atomic E-state index is 12.4. The van der Waals surface area contributed by atoms with Gasteiger partial charge in [0.2, 0.25) is 5.82 Å². The number of alkyl halides is 3. The summed E-state index contributed by atoms with van der Waals surface area (Å²) in [6.45, 7) is 0. The van der Waals surface area contributed by atoms with Crippen LogP contribution in [0.4, 0.5) is 22.0 Å². The van der Waals surface area contributed by atoms with Crippen molar-refractivity contribution in [2.45, 2.75) is 31.9 Å². The molecule has 0 bridgehead atoms. The van der Waals surface area contributed by atoms with Gasteiger partial charge in [-0.1, -0.05) is 29.4 Å². The van der Waals surface area contributed by atoms with Crippen molar-refractivity contribution >= 4 is 5.78 Å². The van der Waals surface area contributed by atoms with Crippen LogP contribution >= 0.6 is 0 Å². The predicted molar refractivity (Wildman–Crippen MR) is 77.6 cm³/mol. The van der Waals surface area contributed by atoms with Crippen molar-refractivity contribution in [1.29, 1.82) is 0 Å². The second-order valence-electron chi connectivity index (χ2n) is 5.22. The van der Waals surface area contributed by atoms with Crippen LogP contribution < -0.4 is 0 Å². The lowest BCUT2D eigenvalue weighted by atomic mass is 10.0. The molecule has 0 spiro atoms. The lowest BCUT2D eigenvalue weighted by Crippen LogP contribution is -2.04. The van der Waals surface area contributed by atoms with Gasteiger partial charge in [-0.15, -0.1) is 0 Å². The van der Waals surface area contributed by atoms with Crippen molar-refractivity contribution in [2.75, 3.05) is 0 Å². The number of ketones is 1. The Balaban J connectivity index is 1.92. The van der Waals surface area contributed by atoms with E-state index in [4.69, 9.17) is 0 Å². The second-order valence-corrected chi connectivity index (χ2v) is 5.22. The molecule has 4 nitrogen and oxygen atoms in total. The number of aromatic nitrogens is 2. The van der Waals surface area contributed by atoms with Crippen LogP contribution in [0.15, 0.2) is 40.9 Å². The fourth-order valence-electron chi connectivity index (χ4n) is 2.05. The minimum absolute atomic E-state index is 0.112. The fraction of sp³-hybridized carbons (Fsp3) is 0.312. The molecular formula is C16H13F5N2O2. The average Bonchev–Trinajstić information content (AvgIpc) is 3.02. The maximum Gasteiger partial charge on any atom is 0.471 e. The molecule has 2 aromatic rings. The van der Waals surface area contributed by atoms with Crippen LogP contribution in [0, 0.1) is 0 Å². The van der Waals surface area contributed by atoms with Gasteiger partial charge in [-0.2, -0.15) is 26.9 Å². The third-order valence-electron chi connectivity index (χ3n) is 3.24. The molecule has 134 valence electrons. The number of carbonyl (C=O) groups excluding carboxylic acids is 1. The van der Waals surface area contributed by atoms with Crippen LogP contribution in [0.3, 0.4) is 0 Å². The van der Waals surface area contributed by atoms with Gasteiger partial charge in [0.1, 0.15) is 5.78 Å². The molecule has 1 heterocycles. The SMILES string of the molecule is O=C(CCCC=C(F)F)Cc1ccc(-c2noc(C(F)(F)F)n2)cc1. The summed E-state index contributed by atoms with van der Waals surface area (Å²) in [4.78, 5) is 15.0. The van der Waals surface area contributed by atoms with Gasteiger partial charge in [0.05, 0.1) is 0 Å². The van der Waals surface area contributed by atoms with E-state index >= 15 is 0 Å². The Morgan fingerprint density at radius 2 is 1.84 bits per heavy atom. The number of Topliss-reactive ketones (excluding diaryl/α,β-unsaturated/α-hetero) is 1. The van der Waals surface area contributed by atoms with Gasteiger partial charge in [0.15, 0.2) is 0 Å². The van der Waals surface area contributed by atoms with E-state index in [0.717, 1.165) is 6.08 Å². The molecule has 0 unspecified atom stereocenters. The summed E-state index contributed by atoms with van der Waals surface area (Å²) in [6, 6.07) is 6.10. The number of hydrogen-bond donors (Lipinski definition) is 0. The summed E-state index contributed by atoms with van der Waals surface area (Å²) in [7, 11) is 0. The molecule has 2 rings (SSSR count). The molecule has 0 N–H and O–H groups in total. The molecule has 0 saturated carbocycles. The van der Waals surface area contributed by atoms with Gasteiger partial charge in [-0.3, -0.25) is 4.79 Å². The molecule has 0 amide bonds. The third kappa shape index (κ3) is 5.77. The molecule has 0 saturated heterocycles. The first-order chi connectivity index (χ1) is 11.8. The zero-order chi connectivity index (χ0) is 18.4. The molecule has 0 fully saturated rings. The second kappa shape index (κ2) is 8.00. The lowest BCUT2D eigenvalue weighted by Gasteiger charge is -2.02. The Morgan fingerprint density at radius 3 is 2.40 bits per heavy atom. The zero-order valence-electron chi connectivity index (χ0n) is 12.8. The summed E-state index contributed by atoms with van der Waals surface area (Å²) >= 11 is 0. The number of benzene rings is 1. The number of hydrogen-bond acceptors (Lipinski definition) is 4. The van der Waals surface area contributed by atoms with Crippen molar-refractivity contribution in [3.05, 3.63) is 47.9 Å². The van der Waals surface area contributed by atoms with E-state index in [2.05, 4.69) is 14.7 Å². The summed E-state index contributed by atoms with van der Waals surface area (Å²) in [5, 5.41) is 3.27. The van der Waals surface area contributed by atoms with Crippen molar-refractivity contribution < 1.29 is 31.3 Å². The van der Waals surface area contributed by atoms with E-state index < -0.39 is 18.1 Å². The molecule has 0 atom stereocenters. The largest absolute Gasteiger partial charge is 0.471 e. The number of unbranched alkanes of at least 4 members (excludes halogenated alkanes) is 1. The quantitative estimate of drug-likeness (QED) is 0.525. The highest BCUT2D eigenvalue weighted by Gasteiger charge is 2.38. The molecule has 0 aliphatic heterocycles. The summed E-state index contributed by atoms with van der Waals surface area (Å²) in [6.07, 6.45) is -4.96. The van der Waals surface area contributed by atoms with Gasteiger partial charge in [0.25, 0.3) is 6.08 Å². The Morgan fingerprint density at radius 1 is 1.16 bits per heavy atom. The highest BCUT2D eigenvalue weighted by molar-refractivity contribution is 5.81. The molecule has 0 radical (unpaired) electrons. The number of carbonyl (C=O) groups is 1. The zero-order valence-corrected chi connectivity index (χ0v) is 12.8. The predicted octanol–water partition coefficient (Wildman–Crippen LogP) is 4.82. The first-order valence-electron chi connectivity index (χ1n) is 7.29. The van der Waals surface area contributed by atoms with E-state index in [-0.39, 0.29) is 30.9 Å². The Bertz CT molecular complexity index is 747. The smallest absolute Gasteiger partial charge is 0.329 e. The third-order valence-corrected chi connectivity index (χ3v) is 3.24. The fourth-order valence-corrected chi connectivity index (χ4v) is 2.05. The molecule has 1 aromatic heterocycles. The minimum Gasteiger partial charge on any atom is -0.329 e. The molecule has 1 aromatic carbocycles. The molecule has 0 aliphatic rings. The highest BCUT2D eigenvalue weighted by Crippen LogP contribution is 2.29. The highest BCUT2D eigenvalue weighted by atomic mass is 19.4. The normalized spacial score (nSPS) is 11.4. The van der Waals surface area contributed by atoms with Crippen LogP contribution in [-0.2, 0) is 17.4 Å². The van der Waals surface area contributed by atoms with Crippen molar-refractivity contribution in [1.82, 2.24) is 10.1 Å². The molecular weight excluding hydrogens is 347 g/mol. The van der Waals surface area contributed by atoms with Gasteiger partial charge in [-0.25, -0.2) is 0 Å². The van der Waals surface area contributed by atoms with E-state index in [1.807, 2.05) is 0 Å². The van der Waals surface area contributed by atoms with E-state index in [1.54, 1.807) is 12.1 Å². The van der Waals surface area contributed by atoms with Gasteiger partial charge in [0, 0.05) is 18.4 Å². The summed E-state index contributed by atoms with van der Waals surface area (Å²) < 4.78 is 65.1. The van der Waals surface area contributed by atoms with E-state index in [9.17, 15) is 26.7 Å². The van der Waals surface area contributed by atoms with E-state index in [1.165, 1.54) is 12.1 Å². The topological polar surface area (TPSA) is 56.0 Å².